The number of likely N-dealkylation sites (tertiary alicyclic amines) is 1. The molecular weight excluding hydrogens is 166 g/mol. The Balaban J connectivity index is 0.000000226. The number of carbonyl (C=O) groups is 1. The number of rotatable bonds is 1. The highest BCUT2D eigenvalue weighted by Gasteiger charge is 2.19. The third-order valence-corrected chi connectivity index (χ3v) is 1.85. The number of hydrogen-bond donors (Lipinski definition) is 0. The molecule has 0 atom stereocenters. The second-order valence-electron chi connectivity index (χ2n) is 4.48. The molecule has 0 bridgehead atoms. The lowest BCUT2D eigenvalue weighted by Gasteiger charge is -2.33. The van der Waals surface area contributed by atoms with Gasteiger partial charge in [0.1, 0.15) is 0 Å². The van der Waals surface area contributed by atoms with Crippen molar-refractivity contribution in [2.24, 2.45) is 5.92 Å². The molecule has 0 N–H and O–H groups in total. The summed E-state index contributed by atoms with van der Waals surface area (Å²) in [4.78, 5) is 11.6. The molecule has 0 aromatic heterocycles. The summed E-state index contributed by atoms with van der Waals surface area (Å²) in [7, 11) is 1.71. The first-order valence-corrected chi connectivity index (χ1v) is 4.63. The number of hydrogen-bond acceptors (Lipinski definition) is 2. The molecule has 78 valence electrons. The van der Waals surface area contributed by atoms with Gasteiger partial charge in [-0.15, -0.1) is 0 Å². The van der Waals surface area contributed by atoms with Gasteiger partial charge in [-0.25, -0.2) is 0 Å². The summed E-state index contributed by atoms with van der Waals surface area (Å²) in [5, 5.41) is 0. The van der Waals surface area contributed by atoms with Gasteiger partial charge in [0.15, 0.2) is 0 Å². The van der Waals surface area contributed by atoms with Crippen LogP contribution in [-0.2, 0) is 9.53 Å². The summed E-state index contributed by atoms with van der Waals surface area (Å²) in [6.07, 6.45) is 0.903. The van der Waals surface area contributed by atoms with Gasteiger partial charge in [-0.2, -0.15) is 0 Å². The summed E-state index contributed by atoms with van der Waals surface area (Å²) < 4.78 is 4.94. The fourth-order valence-corrected chi connectivity index (χ4v) is 0.833. The van der Waals surface area contributed by atoms with Crippen LogP contribution in [0.5, 0.6) is 0 Å². The molecule has 0 radical (unpaired) electrons. The zero-order valence-corrected chi connectivity index (χ0v) is 9.33. The number of ether oxygens (including phenoxy) is 1. The Labute approximate surface area is 81.1 Å². The molecule has 1 saturated heterocycles. The van der Waals surface area contributed by atoms with E-state index in [1.807, 2.05) is 20.8 Å². The Hall–Kier alpha value is -0.570. The van der Waals surface area contributed by atoms with Gasteiger partial charge < -0.3 is 9.64 Å². The normalized spacial score (nSPS) is 17.2. The van der Waals surface area contributed by atoms with Crippen molar-refractivity contribution in [1.29, 1.82) is 0 Å². The van der Waals surface area contributed by atoms with Crippen molar-refractivity contribution >= 4 is 6.41 Å². The summed E-state index contributed by atoms with van der Waals surface area (Å²) in [5.41, 5.74) is 0.0417. The predicted octanol–water partition coefficient (Wildman–Crippen LogP) is 1.53. The fraction of sp³-hybridized carbons (Fsp3) is 0.900. The summed E-state index contributed by atoms with van der Waals surface area (Å²) in [6.45, 7) is 10.1. The van der Waals surface area contributed by atoms with Crippen molar-refractivity contribution in [2.45, 2.75) is 33.3 Å². The first-order chi connectivity index (χ1) is 5.89. The summed E-state index contributed by atoms with van der Waals surface area (Å²) in [5.74, 6) is 0.741. The second-order valence-corrected chi connectivity index (χ2v) is 4.48. The topological polar surface area (TPSA) is 29.5 Å². The molecule has 1 aliphatic heterocycles. The molecule has 0 unspecified atom stereocenters. The number of methoxy groups -OCH3 is 1. The van der Waals surface area contributed by atoms with Gasteiger partial charge in [0.25, 0.3) is 0 Å². The second kappa shape index (κ2) is 5.22. The quantitative estimate of drug-likeness (QED) is 0.583. The van der Waals surface area contributed by atoms with Crippen molar-refractivity contribution in [1.82, 2.24) is 4.90 Å². The van der Waals surface area contributed by atoms with E-state index in [0.29, 0.717) is 0 Å². The molecule has 1 rings (SSSR count). The maximum absolute atomic E-state index is 9.86. The Kier molecular flexibility index (Phi) is 4.99. The van der Waals surface area contributed by atoms with Gasteiger partial charge in [0, 0.05) is 20.2 Å². The largest absolute Gasteiger partial charge is 0.379 e. The van der Waals surface area contributed by atoms with Crippen molar-refractivity contribution in [3.05, 3.63) is 0 Å². The van der Waals surface area contributed by atoms with Crippen LogP contribution in [0.15, 0.2) is 0 Å². The standard InChI is InChI=1S/C5H9NO.C5H12O/c1-5-2-6(3-5)4-7;1-5(2,3)6-4/h4-5H,2-3H2,1H3;1-4H3. The molecule has 0 aromatic rings. The lowest BCUT2D eigenvalue weighted by atomic mass is 10.1. The lowest BCUT2D eigenvalue weighted by Crippen LogP contribution is -2.43. The van der Waals surface area contributed by atoms with Crippen LogP contribution in [0.2, 0.25) is 0 Å². The highest BCUT2D eigenvalue weighted by atomic mass is 16.5. The fourth-order valence-electron chi connectivity index (χ4n) is 0.833. The van der Waals surface area contributed by atoms with Gasteiger partial charge in [-0.1, -0.05) is 6.92 Å². The Bertz CT molecular complexity index is 145. The number of carbonyl (C=O) groups excluding carboxylic acids is 1. The third-order valence-electron chi connectivity index (χ3n) is 1.85. The minimum Gasteiger partial charge on any atom is -0.379 e. The van der Waals surface area contributed by atoms with Crippen LogP contribution in [0.1, 0.15) is 27.7 Å². The zero-order chi connectivity index (χ0) is 10.5. The van der Waals surface area contributed by atoms with E-state index in [-0.39, 0.29) is 5.60 Å². The van der Waals surface area contributed by atoms with Gasteiger partial charge in [-0.05, 0) is 26.7 Å². The predicted molar refractivity (Wildman–Crippen MR) is 53.6 cm³/mol. The molecule has 0 spiro atoms. The minimum atomic E-state index is 0.0417. The minimum absolute atomic E-state index is 0.0417. The van der Waals surface area contributed by atoms with E-state index < -0.39 is 0 Å². The molecule has 1 fully saturated rings. The third kappa shape index (κ3) is 6.58. The Morgan fingerprint density at radius 3 is 1.85 bits per heavy atom. The smallest absolute Gasteiger partial charge is 0.209 e. The van der Waals surface area contributed by atoms with Crippen LogP contribution in [0.3, 0.4) is 0 Å². The van der Waals surface area contributed by atoms with E-state index in [1.165, 1.54) is 0 Å². The molecule has 0 aliphatic carbocycles. The molecule has 3 nitrogen and oxygen atoms in total. The molecule has 0 saturated carbocycles. The van der Waals surface area contributed by atoms with Crippen molar-refractivity contribution in [3.8, 4) is 0 Å². The Morgan fingerprint density at radius 1 is 1.38 bits per heavy atom. The lowest BCUT2D eigenvalue weighted by molar-refractivity contribution is -0.123. The van der Waals surface area contributed by atoms with Crippen molar-refractivity contribution < 1.29 is 9.53 Å². The first kappa shape index (κ1) is 12.4. The molecule has 3 heteroatoms. The van der Waals surface area contributed by atoms with E-state index >= 15 is 0 Å². The van der Waals surface area contributed by atoms with E-state index in [0.717, 1.165) is 25.4 Å². The maximum atomic E-state index is 9.86. The first-order valence-electron chi connectivity index (χ1n) is 4.63. The van der Waals surface area contributed by atoms with Crippen LogP contribution in [0.25, 0.3) is 0 Å². The summed E-state index contributed by atoms with van der Waals surface area (Å²) >= 11 is 0. The highest BCUT2D eigenvalue weighted by Crippen LogP contribution is 2.09. The molecule has 1 heterocycles. The SMILES string of the molecule is CC1CN(C=O)C1.COC(C)(C)C. The van der Waals surface area contributed by atoms with Gasteiger partial charge in [0.05, 0.1) is 5.60 Å². The molecule has 0 aromatic carbocycles. The number of nitrogens with zero attached hydrogens (tertiary/aromatic N) is 1. The highest BCUT2D eigenvalue weighted by molar-refractivity contribution is 5.48. The molecule has 1 aliphatic rings. The molecule has 1 amide bonds. The maximum Gasteiger partial charge on any atom is 0.209 e. The van der Waals surface area contributed by atoms with E-state index in [1.54, 1.807) is 12.0 Å². The van der Waals surface area contributed by atoms with E-state index in [4.69, 9.17) is 4.74 Å². The van der Waals surface area contributed by atoms with Crippen LogP contribution >= 0.6 is 0 Å². The molecule has 13 heavy (non-hydrogen) atoms. The Morgan fingerprint density at radius 2 is 1.77 bits per heavy atom. The van der Waals surface area contributed by atoms with E-state index in [9.17, 15) is 4.79 Å². The van der Waals surface area contributed by atoms with Crippen LogP contribution in [-0.4, -0.2) is 37.1 Å². The zero-order valence-electron chi connectivity index (χ0n) is 9.33. The van der Waals surface area contributed by atoms with Gasteiger partial charge in [0.2, 0.25) is 6.41 Å². The van der Waals surface area contributed by atoms with Crippen LogP contribution < -0.4 is 0 Å². The summed E-state index contributed by atoms with van der Waals surface area (Å²) in [6, 6.07) is 0. The average molecular weight is 187 g/mol. The number of amides is 1. The monoisotopic (exact) mass is 187 g/mol. The average Bonchev–Trinajstić information content (AvgIpc) is 1.98. The van der Waals surface area contributed by atoms with Crippen LogP contribution in [0.4, 0.5) is 0 Å². The van der Waals surface area contributed by atoms with Crippen molar-refractivity contribution in [3.63, 3.8) is 0 Å². The van der Waals surface area contributed by atoms with Gasteiger partial charge >= 0.3 is 0 Å². The van der Waals surface area contributed by atoms with Crippen molar-refractivity contribution in [2.75, 3.05) is 20.2 Å². The van der Waals surface area contributed by atoms with Gasteiger partial charge in [-0.3, -0.25) is 4.79 Å². The van der Waals surface area contributed by atoms with E-state index in [2.05, 4.69) is 6.92 Å². The molecular formula is C10H21NO2. The van der Waals surface area contributed by atoms with Crippen LogP contribution in [0, 0.1) is 5.92 Å².